The number of benzene rings is 1. The van der Waals surface area contributed by atoms with Crippen LogP contribution in [0.5, 0.6) is 0 Å². The van der Waals surface area contributed by atoms with Crippen LogP contribution in [0, 0.1) is 0 Å². The van der Waals surface area contributed by atoms with Crippen molar-refractivity contribution in [2.45, 2.75) is 25.4 Å². The van der Waals surface area contributed by atoms with Crippen LogP contribution in [0.3, 0.4) is 0 Å². The second kappa shape index (κ2) is 9.25. The first-order valence-corrected chi connectivity index (χ1v) is 9.82. The van der Waals surface area contributed by atoms with E-state index in [2.05, 4.69) is 54.8 Å². The third kappa shape index (κ3) is 5.36. The van der Waals surface area contributed by atoms with Crippen molar-refractivity contribution < 1.29 is 4.79 Å². The van der Waals surface area contributed by atoms with Crippen molar-refractivity contribution in [3.63, 3.8) is 0 Å². The molecular weight excluding hydrogens is 364 g/mol. The number of rotatable bonds is 6. The number of carbonyl (C=O) groups is 1. The van der Waals surface area contributed by atoms with E-state index in [0.29, 0.717) is 17.2 Å². The smallest absolute Gasteiger partial charge is 0.251 e. The highest BCUT2D eigenvalue weighted by Gasteiger charge is 2.21. The summed E-state index contributed by atoms with van der Waals surface area (Å²) in [5.41, 5.74) is 1.91. The van der Waals surface area contributed by atoms with E-state index in [1.807, 2.05) is 6.07 Å². The summed E-state index contributed by atoms with van der Waals surface area (Å²) in [5, 5.41) is 6.22. The fraction of sp³-hybridized carbons (Fsp3) is 0.273. The normalized spacial score (nSPS) is 15.0. The molecule has 3 heterocycles. The Morgan fingerprint density at radius 3 is 2.55 bits per heavy atom. The maximum atomic E-state index is 12.7. The van der Waals surface area contributed by atoms with Crippen LogP contribution in [0.25, 0.3) is 0 Å². The Morgan fingerprint density at radius 1 is 1.00 bits per heavy atom. The minimum Gasteiger partial charge on any atom is -0.349 e. The Balaban J connectivity index is 1.29. The lowest BCUT2D eigenvalue weighted by atomic mass is 10.0. The summed E-state index contributed by atoms with van der Waals surface area (Å²) in [7, 11) is 0. The van der Waals surface area contributed by atoms with E-state index in [1.54, 1.807) is 36.9 Å². The number of hydrogen-bond donors (Lipinski definition) is 2. The fourth-order valence-corrected chi connectivity index (χ4v) is 3.48. The topological polar surface area (TPSA) is 83.0 Å². The highest BCUT2D eigenvalue weighted by molar-refractivity contribution is 5.95. The first-order valence-electron chi connectivity index (χ1n) is 9.82. The van der Waals surface area contributed by atoms with Gasteiger partial charge in [-0.2, -0.15) is 0 Å². The molecule has 148 valence electrons. The molecule has 1 aliphatic heterocycles. The number of amides is 1. The lowest BCUT2D eigenvalue weighted by Crippen LogP contribution is -2.44. The highest BCUT2D eigenvalue weighted by Crippen LogP contribution is 2.16. The Bertz CT molecular complexity index is 926. The van der Waals surface area contributed by atoms with Crippen molar-refractivity contribution in [1.82, 2.24) is 25.2 Å². The number of nitrogens with zero attached hydrogens (tertiary/aromatic N) is 4. The molecule has 0 unspecified atom stereocenters. The Hall–Kier alpha value is -3.32. The maximum Gasteiger partial charge on any atom is 0.251 e. The molecule has 0 spiro atoms. The third-order valence-corrected chi connectivity index (χ3v) is 5.01. The van der Waals surface area contributed by atoms with E-state index in [0.717, 1.165) is 32.5 Å². The summed E-state index contributed by atoms with van der Waals surface area (Å²) in [4.78, 5) is 27.5. The average Bonchev–Trinajstić information content (AvgIpc) is 2.77. The zero-order valence-electron chi connectivity index (χ0n) is 16.2. The Kier molecular flexibility index (Phi) is 6.07. The predicted octanol–water partition coefficient (Wildman–Crippen LogP) is 3.01. The molecule has 3 aromatic rings. The zero-order chi connectivity index (χ0) is 19.9. The molecule has 1 fully saturated rings. The van der Waals surface area contributed by atoms with Crippen LogP contribution in [-0.4, -0.2) is 44.9 Å². The predicted molar refractivity (Wildman–Crippen MR) is 112 cm³/mol. The van der Waals surface area contributed by atoms with Gasteiger partial charge in [0, 0.05) is 49.8 Å². The fourth-order valence-electron chi connectivity index (χ4n) is 3.48. The second-order valence-corrected chi connectivity index (χ2v) is 7.15. The summed E-state index contributed by atoms with van der Waals surface area (Å²) >= 11 is 0. The van der Waals surface area contributed by atoms with Crippen LogP contribution in [-0.2, 0) is 6.54 Å². The monoisotopic (exact) mass is 388 g/mol. The van der Waals surface area contributed by atoms with Gasteiger partial charge < -0.3 is 10.6 Å². The van der Waals surface area contributed by atoms with Gasteiger partial charge in [-0.15, -0.1) is 0 Å². The maximum absolute atomic E-state index is 12.7. The van der Waals surface area contributed by atoms with Crippen LogP contribution in [0.15, 0.2) is 67.3 Å². The van der Waals surface area contributed by atoms with Gasteiger partial charge >= 0.3 is 0 Å². The number of piperidine rings is 1. The first kappa shape index (κ1) is 19.0. The molecule has 7 nitrogen and oxygen atoms in total. The SMILES string of the molecule is O=C(NC1CCN(Cc2ccccc2)CC1)c1ccnc(Nc2cnccn2)c1. The van der Waals surface area contributed by atoms with Crippen molar-refractivity contribution in [3.8, 4) is 0 Å². The van der Waals surface area contributed by atoms with E-state index >= 15 is 0 Å². The summed E-state index contributed by atoms with van der Waals surface area (Å²) in [6, 6.07) is 14.1. The first-order chi connectivity index (χ1) is 14.3. The summed E-state index contributed by atoms with van der Waals surface area (Å²) in [6.45, 7) is 2.93. The van der Waals surface area contributed by atoms with Crippen molar-refractivity contribution in [2.24, 2.45) is 0 Å². The minimum absolute atomic E-state index is 0.0731. The largest absolute Gasteiger partial charge is 0.349 e. The molecule has 7 heteroatoms. The lowest BCUT2D eigenvalue weighted by Gasteiger charge is -2.32. The number of nitrogens with one attached hydrogen (secondary N) is 2. The van der Waals surface area contributed by atoms with Crippen LogP contribution in [0.2, 0.25) is 0 Å². The zero-order valence-corrected chi connectivity index (χ0v) is 16.2. The van der Waals surface area contributed by atoms with Gasteiger partial charge in [0.15, 0.2) is 0 Å². The van der Waals surface area contributed by atoms with Crippen molar-refractivity contribution in [3.05, 3.63) is 78.4 Å². The number of anilines is 2. The number of carbonyl (C=O) groups excluding carboxylic acids is 1. The van der Waals surface area contributed by atoms with Gasteiger partial charge in [-0.3, -0.25) is 14.7 Å². The molecule has 0 bridgehead atoms. The highest BCUT2D eigenvalue weighted by atomic mass is 16.1. The summed E-state index contributed by atoms with van der Waals surface area (Å²) in [6.07, 6.45) is 8.34. The molecule has 0 radical (unpaired) electrons. The van der Waals surface area contributed by atoms with Crippen LogP contribution in [0.4, 0.5) is 11.6 Å². The van der Waals surface area contributed by atoms with Gasteiger partial charge in [0.2, 0.25) is 0 Å². The Morgan fingerprint density at radius 2 is 1.79 bits per heavy atom. The average molecular weight is 388 g/mol. The van der Waals surface area contributed by atoms with Gasteiger partial charge in [0.25, 0.3) is 5.91 Å². The number of aromatic nitrogens is 3. The molecule has 2 aromatic heterocycles. The van der Waals surface area contributed by atoms with Crippen molar-refractivity contribution in [2.75, 3.05) is 18.4 Å². The second-order valence-electron chi connectivity index (χ2n) is 7.15. The molecule has 0 saturated carbocycles. The third-order valence-electron chi connectivity index (χ3n) is 5.01. The van der Waals surface area contributed by atoms with Gasteiger partial charge in [0.05, 0.1) is 6.20 Å². The van der Waals surface area contributed by atoms with Gasteiger partial charge in [-0.05, 0) is 30.5 Å². The molecule has 1 aliphatic rings. The molecule has 0 atom stereocenters. The van der Waals surface area contributed by atoms with E-state index in [-0.39, 0.29) is 11.9 Å². The van der Waals surface area contributed by atoms with Crippen LogP contribution < -0.4 is 10.6 Å². The number of hydrogen-bond acceptors (Lipinski definition) is 6. The van der Waals surface area contributed by atoms with E-state index < -0.39 is 0 Å². The van der Waals surface area contributed by atoms with E-state index in [9.17, 15) is 4.79 Å². The lowest BCUT2D eigenvalue weighted by molar-refractivity contribution is 0.0909. The molecule has 1 saturated heterocycles. The molecule has 0 aliphatic carbocycles. The minimum atomic E-state index is -0.0731. The quantitative estimate of drug-likeness (QED) is 0.675. The Labute approximate surface area is 170 Å². The molecule has 2 N–H and O–H groups in total. The van der Waals surface area contributed by atoms with Crippen molar-refractivity contribution in [1.29, 1.82) is 0 Å². The molecule has 29 heavy (non-hydrogen) atoms. The van der Waals surface area contributed by atoms with Crippen LogP contribution >= 0.6 is 0 Å². The summed E-state index contributed by atoms with van der Waals surface area (Å²) in [5.74, 6) is 1.08. The van der Waals surface area contributed by atoms with Gasteiger partial charge in [-0.1, -0.05) is 30.3 Å². The van der Waals surface area contributed by atoms with E-state index in [1.165, 1.54) is 5.56 Å². The van der Waals surface area contributed by atoms with Gasteiger partial charge in [0.1, 0.15) is 11.6 Å². The standard InChI is InChI=1S/C22H24N6O/c29-22(18-6-9-24-20(14-18)27-21-15-23-10-11-25-21)26-19-7-12-28(13-8-19)16-17-4-2-1-3-5-17/h1-6,9-11,14-15,19H,7-8,12-13,16H2,(H,26,29)(H,24,25,27). The molecule has 1 amide bonds. The van der Waals surface area contributed by atoms with Crippen molar-refractivity contribution >= 4 is 17.5 Å². The number of likely N-dealkylation sites (tertiary alicyclic amines) is 1. The summed E-state index contributed by atoms with van der Waals surface area (Å²) < 4.78 is 0. The van der Waals surface area contributed by atoms with E-state index in [4.69, 9.17) is 0 Å². The van der Waals surface area contributed by atoms with Gasteiger partial charge in [-0.25, -0.2) is 9.97 Å². The van der Waals surface area contributed by atoms with Crippen LogP contribution in [0.1, 0.15) is 28.8 Å². The molecule has 1 aromatic carbocycles. The molecule has 4 rings (SSSR count). The molecular formula is C22H24N6O. The number of pyridine rings is 1.